The molecule has 3 amide bonds. The molecule has 0 spiro atoms. The Balaban J connectivity index is 1.39. The van der Waals surface area contributed by atoms with E-state index in [1.807, 2.05) is 39.8 Å². The lowest BCUT2D eigenvalue weighted by Gasteiger charge is -2.41. The van der Waals surface area contributed by atoms with Crippen LogP contribution in [0.25, 0.3) is 0 Å². The molecule has 2 unspecified atom stereocenters. The predicted octanol–water partition coefficient (Wildman–Crippen LogP) is 5.47. The molecule has 3 saturated heterocycles. The zero-order chi connectivity index (χ0) is 32.9. The highest BCUT2D eigenvalue weighted by Gasteiger charge is 2.41. The smallest absolute Gasteiger partial charge is 0.245 e. The van der Waals surface area contributed by atoms with Crippen LogP contribution in [0.15, 0.2) is 12.2 Å². The maximum atomic E-state index is 14.2. The molecule has 3 heterocycles. The number of carbonyl (C=O) groups is 3. The quantitative estimate of drug-likeness (QED) is 0.291. The number of hydrogen-bond acceptors (Lipinski definition) is 5. The highest BCUT2D eigenvalue weighted by atomic mass is 16.2. The summed E-state index contributed by atoms with van der Waals surface area (Å²) in [6.45, 7) is 18.4. The molecule has 0 radical (unpaired) electrons. The molecule has 1 N–H and O–H groups in total. The minimum Gasteiger partial charge on any atom is -0.342 e. The van der Waals surface area contributed by atoms with E-state index in [0.29, 0.717) is 6.42 Å². The van der Waals surface area contributed by atoms with Gasteiger partial charge in [-0.2, -0.15) is 0 Å². The van der Waals surface area contributed by atoms with Gasteiger partial charge in [-0.3, -0.25) is 24.2 Å². The highest BCUT2D eigenvalue weighted by molar-refractivity contribution is 5.90. The fraction of sp³-hybridized carbons (Fsp3) is 0.865. The molecule has 3 aliphatic heterocycles. The van der Waals surface area contributed by atoms with Crippen molar-refractivity contribution >= 4 is 17.7 Å². The van der Waals surface area contributed by atoms with E-state index in [1.54, 1.807) is 0 Å². The van der Waals surface area contributed by atoms with Crippen molar-refractivity contribution in [2.45, 2.75) is 148 Å². The van der Waals surface area contributed by atoms with E-state index in [9.17, 15) is 14.4 Å². The maximum absolute atomic E-state index is 14.2. The summed E-state index contributed by atoms with van der Waals surface area (Å²) in [6, 6.07) is -0.393. The lowest BCUT2D eigenvalue weighted by atomic mass is 9.84. The van der Waals surface area contributed by atoms with Gasteiger partial charge in [0.05, 0.1) is 12.1 Å². The zero-order valence-corrected chi connectivity index (χ0v) is 29.8. The highest BCUT2D eigenvalue weighted by Crippen LogP contribution is 2.35. The second-order valence-corrected chi connectivity index (χ2v) is 16.3. The normalized spacial score (nSPS) is 26.8. The largest absolute Gasteiger partial charge is 0.342 e. The van der Waals surface area contributed by atoms with E-state index in [0.717, 1.165) is 83.5 Å². The predicted molar refractivity (Wildman–Crippen MR) is 183 cm³/mol. The summed E-state index contributed by atoms with van der Waals surface area (Å²) in [6.07, 6.45) is 14.1. The van der Waals surface area contributed by atoms with Crippen molar-refractivity contribution in [1.29, 1.82) is 0 Å². The molecule has 0 aromatic heterocycles. The maximum Gasteiger partial charge on any atom is 0.245 e. The third-order valence-electron chi connectivity index (χ3n) is 11.5. The van der Waals surface area contributed by atoms with Gasteiger partial charge in [0.2, 0.25) is 17.7 Å². The molecule has 0 aromatic rings. The minimum atomic E-state index is -0.605. The molecule has 4 aliphatic rings. The van der Waals surface area contributed by atoms with Crippen LogP contribution in [0.1, 0.15) is 118 Å². The van der Waals surface area contributed by atoms with Gasteiger partial charge in [-0.05, 0) is 82.3 Å². The first-order valence-electron chi connectivity index (χ1n) is 18.3. The van der Waals surface area contributed by atoms with Gasteiger partial charge in [0, 0.05) is 38.6 Å². The zero-order valence-electron chi connectivity index (χ0n) is 29.8. The Morgan fingerprint density at radius 3 is 2.16 bits per heavy atom. The molecule has 5 atom stereocenters. The van der Waals surface area contributed by atoms with Crippen molar-refractivity contribution in [2.24, 2.45) is 17.3 Å². The van der Waals surface area contributed by atoms with Crippen LogP contribution in [0.3, 0.4) is 0 Å². The number of nitrogens with one attached hydrogen (secondary N) is 1. The van der Waals surface area contributed by atoms with Gasteiger partial charge in [-0.25, -0.2) is 0 Å². The van der Waals surface area contributed by atoms with Crippen molar-refractivity contribution in [3.8, 4) is 0 Å². The van der Waals surface area contributed by atoms with Gasteiger partial charge >= 0.3 is 0 Å². The average molecular weight is 628 g/mol. The van der Waals surface area contributed by atoms with Crippen molar-refractivity contribution < 1.29 is 14.4 Å². The van der Waals surface area contributed by atoms with Crippen LogP contribution in [-0.2, 0) is 14.4 Å². The van der Waals surface area contributed by atoms with Crippen molar-refractivity contribution in [1.82, 2.24) is 24.9 Å². The summed E-state index contributed by atoms with van der Waals surface area (Å²) in [4.78, 5) is 50.0. The van der Waals surface area contributed by atoms with E-state index < -0.39 is 11.5 Å². The van der Waals surface area contributed by atoms with Crippen LogP contribution in [0.5, 0.6) is 0 Å². The topological polar surface area (TPSA) is 76.2 Å². The Bertz CT molecular complexity index is 1030. The molecule has 4 fully saturated rings. The fourth-order valence-electron chi connectivity index (χ4n) is 8.58. The molecular formula is C37H65N5O3. The van der Waals surface area contributed by atoms with E-state index >= 15 is 0 Å². The van der Waals surface area contributed by atoms with Gasteiger partial charge < -0.3 is 15.1 Å². The molecular weight excluding hydrogens is 562 g/mol. The monoisotopic (exact) mass is 628 g/mol. The number of amides is 3. The van der Waals surface area contributed by atoms with Crippen LogP contribution in [0, 0.1) is 17.3 Å². The number of nitrogens with zero attached hydrogens (tertiary/aromatic N) is 4. The van der Waals surface area contributed by atoms with Crippen LogP contribution in [0.2, 0.25) is 0 Å². The molecule has 45 heavy (non-hydrogen) atoms. The Hall–Kier alpha value is -1.93. The lowest BCUT2D eigenvalue weighted by molar-refractivity contribution is -0.142. The summed E-state index contributed by atoms with van der Waals surface area (Å²) in [7, 11) is 3.91. The second kappa shape index (κ2) is 15.8. The van der Waals surface area contributed by atoms with E-state index in [1.165, 1.54) is 31.3 Å². The molecule has 8 nitrogen and oxygen atoms in total. The molecule has 0 aromatic carbocycles. The molecule has 256 valence electrons. The Labute approximate surface area is 274 Å². The summed E-state index contributed by atoms with van der Waals surface area (Å²) in [5, 5.41) is 3.18. The number of piperidine rings is 1. The van der Waals surface area contributed by atoms with Crippen molar-refractivity contribution in [3.05, 3.63) is 12.2 Å². The molecule has 4 rings (SSSR count). The first kappa shape index (κ1) is 35.9. The summed E-state index contributed by atoms with van der Waals surface area (Å²) < 4.78 is 0. The third-order valence-corrected chi connectivity index (χ3v) is 11.5. The van der Waals surface area contributed by atoms with Crippen molar-refractivity contribution in [3.63, 3.8) is 0 Å². The standard InChI is InChI=1S/C37H65N5O3/c1-26(2)32(40(8)36(45)34(37(4,5)6)38-35(44)31-18-11-12-20-39(31)7)25-41-21-13-17-29(41)24-33(43)42-22-14-19-30(42)27(3)23-28-15-9-10-16-28/h26,28-32,34H,3,9-25H2,1-2,4-8H3,(H,38,44)/t29-,30-,31?,32+,34?/m0/s1. The van der Waals surface area contributed by atoms with Crippen molar-refractivity contribution in [2.75, 3.05) is 40.3 Å². The number of likely N-dealkylation sites (tertiary alicyclic amines) is 3. The van der Waals surface area contributed by atoms with Gasteiger partial charge in [-0.1, -0.05) is 78.9 Å². The molecule has 1 saturated carbocycles. The average Bonchev–Trinajstić information content (AvgIpc) is 3.76. The van der Waals surface area contributed by atoms with E-state index in [4.69, 9.17) is 0 Å². The van der Waals surface area contributed by atoms with Gasteiger partial charge in [0.25, 0.3) is 0 Å². The number of carbonyl (C=O) groups excluding carboxylic acids is 3. The van der Waals surface area contributed by atoms with E-state index in [2.05, 4.69) is 40.4 Å². The van der Waals surface area contributed by atoms with Crippen LogP contribution < -0.4 is 5.32 Å². The second-order valence-electron chi connectivity index (χ2n) is 16.3. The summed E-state index contributed by atoms with van der Waals surface area (Å²) in [5.74, 6) is 1.20. The lowest BCUT2D eigenvalue weighted by Crippen LogP contribution is -2.61. The van der Waals surface area contributed by atoms with Gasteiger partial charge in [-0.15, -0.1) is 0 Å². The first-order valence-corrected chi connectivity index (χ1v) is 18.3. The first-order chi connectivity index (χ1) is 21.3. The minimum absolute atomic E-state index is 0.0157. The van der Waals surface area contributed by atoms with Crippen LogP contribution in [-0.4, -0.2) is 108 Å². The fourth-order valence-corrected chi connectivity index (χ4v) is 8.58. The van der Waals surface area contributed by atoms with Gasteiger partial charge in [0.1, 0.15) is 6.04 Å². The molecule has 1 aliphatic carbocycles. The Morgan fingerprint density at radius 2 is 1.51 bits per heavy atom. The van der Waals surface area contributed by atoms with Crippen LogP contribution in [0.4, 0.5) is 0 Å². The molecule has 8 heteroatoms. The van der Waals surface area contributed by atoms with Crippen LogP contribution >= 0.6 is 0 Å². The SMILES string of the molecule is C=C(CC1CCCC1)[C@@H]1CCCN1C(=O)C[C@@H]1CCCN1C[C@H](C(C)C)N(C)C(=O)C(NC(=O)C1CCCCN1C)C(C)(C)C. The number of rotatable bonds is 12. The Morgan fingerprint density at radius 1 is 0.867 bits per heavy atom. The van der Waals surface area contributed by atoms with E-state index in [-0.39, 0.29) is 47.8 Å². The summed E-state index contributed by atoms with van der Waals surface area (Å²) >= 11 is 0. The molecule has 0 bridgehead atoms. The third kappa shape index (κ3) is 9.12. The Kier molecular flexibility index (Phi) is 12.6. The number of likely N-dealkylation sites (N-methyl/N-ethyl adjacent to an activating group) is 2. The summed E-state index contributed by atoms with van der Waals surface area (Å²) in [5.41, 5.74) is 0.846. The number of hydrogen-bond donors (Lipinski definition) is 1. The van der Waals surface area contributed by atoms with Gasteiger partial charge in [0.15, 0.2) is 0 Å².